The summed E-state index contributed by atoms with van der Waals surface area (Å²) in [6.07, 6.45) is 7.95. The fourth-order valence-corrected chi connectivity index (χ4v) is 2.80. The number of nitrogens with one attached hydrogen (secondary N) is 1. The molecule has 1 aromatic rings. The highest BCUT2D eigenvalue weighted by Gasteiger charge is 2.14. The average Bonchev–Trinajstić information content (AvgIpc) is 2.57. The van der Waals surface area contributed by atoms with E-state index in [9.17, 15) is 0 Å². The normalized spacial score (nSPS) is 17.8. The van der Waals surface area contributed by atoms with Crippen LogP contribution in [0.25, 0.3) is 0 Å². The van der Waals surface area contributed by atoms with Crippen LogP contribution >= 0.6 is 15.9 Å². The molecule has 1 fully saturated rings. The minimum absolute atomic E-state index is 0.359. The molecule has 0 aliphatic heterocycles. The van der Waals surface area contributed by atoms with Crippen molar-refractivity contribution in [2.75, 3.05) is 5.32 Å². The molecule has 3 nitrogen and oxygen atoms in total. The van der Waals surface area contributed by atoms with Crippen LogP contribution in [0.2, 0.25) is 0 Å². The fourth-order valence-electron chi connectivity index (χ4n) is 2.40. The minimum atomic E-state index is 0.359. The summed E-state index contributed by atoms with van der Waals surface area (Å²) in [4.78, 5) is 9.02. The summed E-state index contributed by atoms with van der Waals surface area (Å²) < 4.78 is 0.873. The molecule has 2 rings (SSSR count). The van der Waals surface area contributed by atoms with E-state index in [1.807, 2.05) is 6.07 Å². The van der Waals surface area contributed by atoms with E-state index < -0.39 is 0 Å². The molecule has 0 bridgehead atoms. The Balaban J connectivity index is 2.07. The zero-order valence-corrected chi connectivity index (χ0v) is 12.8. The van der Waals surface area contributed by atoms with Crippen LogP contribution in [0.4, 0.5) is 5.82 Å². The number of nitrogens with zero attached hydrogens (tertiary/aromatic N) is 2. The molecule has 0 radical (unpaired) electrons. The van der Waals surface area contributed by atoms with Gasteiger partial charge in [0, 0.05) is 18.0 Å². The standard InChI is InChI=1S/C14H22BrN3/c1-10(2)14-17-12(15)9-13(18-14)16-11-7-5-3-4-6-8-11/h9-11H,3-8H2,1-2H3,(H,16,17,18). The van der Waals surface area contributed by atoms with Gasteiger partial charge in [-0.2, -0.15) is 0 Å². The molecule has 0 atom stereocenters. The second-order valence-corrected chi connectivity index (χ2v) is 6.23. The first-order chi connectivity index (χ1) is 8.65. The van der Waals surface area contributed by atoms with E-state index in [0.717, 1.165) is 16.2 Å². The number of rotatable bonds is 3. The third-order valence-electron chi connectivity index (χ3n) is 3.44. The number of hydrogen-bond acceptors (Lipinski definition) is 3. The molecule has 0 saturated heterocycles. The van der Waals surface area contributed by atoms with Crippen LogP contribution in [0, 0.1) is 0 Å². The quantitative estimate of drug-likeness (QED) is 0.660. The highest BCUT2D eigenvalue weighted by molar-refractivity contribution is 9.10. The molecule has 1 aromatic heterocycles. The van der Waals surface area contributed by atoms with Crippen LogP contribution in [0.15, 0.2) is 10.7 Å². The monoisotopic (exact) mass is 311 g/mol. The minimum Gasteiger partial charge on any atom is -0.367 e. The van der Waals surface area contributed by atoms with Crippen LogP contribution in [0.3, 0.4) is 0 Å². The summed E-state index contributed by atoms with van der Waals surface area (Å²) in [7, 11) is 0. The van der Waals surface area contributed by atoms with Crippen molar-refractivity contribution >= 4 is 21.7 Å². The Labute approximate surface area is 118 Å². The van der Waals surface area contributed by atoms with Crippen LogP contribution in [0.5, 0.6) is 0 Å². The largest absolute Gasteiger partial charge is 0.367 e. The van der Waals surface area contributed by atoms with Crippen molar-refractivity contribution in [1.82, 2.24) is 9.97 Å². The lowest BCUT2D eigenvalue weighted by atomic mass is 10.1. The van der Waals surface area contributed by atoms with Gasteiger partial charge in [-0.15, -0.1) is 0 Å². The van der Waals surface area contributed by atoms with Gasteiger partial charge >= 0.3 is 0 Å². The average molecular weight is 312 g/mol. The number of anilines is 1. The van der Waals surface area contributed by atoms with E-state index in [0.29, 0.717) is 12.0 Å². The molecule has 1 heterocycles. The Morgan fingerprint density at radius 1 is 1.17 bits per heavy atom. The van der Waals surface area contributed by atoms with Gasteiger partial charge in [0.1, 0.15) is 16.2 Å². The van der Waals surface area contributed by atoms with Gasteiger partial charge < -0.3 is 5.32 Å². The molecule has 1 N–H and O–H groups in total. The lowest BCUT2D eigenvalue weighted by Crippen LogP contribution is -2.19. The van der Waals surface area contributed by atoms with Crippen molar-refractivity contribution in [2.24, 2.45) is 0 Å². The van der Waals surface area contributed by atoms with E-state index in [2.05, 4.69) is 45.1 Å². The van der Waals surface area contributed by atoms with E-state index in [4.69, 9.17) is 0 Å². The molecular weight excluding hydrogens is 290 g/mol. The van der Waals surface area contributed by atoms with Gasteiger partial charge in [0.25, 0.3) is 0 Å². The van der Waals surface area contributed by atoms with Gasteiger partial charge in [0.15, 0.2) is 0 Å². The second-order valence-electron chi connectivity index (χ2n) is 5.42. The number of aromatic nitrogens is 2. The van der Waals surface area contributed by atoms with E-state index in [1.54, 1.807) is 0 Å². The van der Waals surface area contributed by atoms with Crippen LogP contribution in [0.1, 0.15) is 64.1 Å². The van der Waals surface area contributed by atoms with Crippen molar-refractivity contribution in [3.63, 3.8) is 0 Å². The van der Waals surface area contributed by atoms with Crippen molar-refractivity contribution in [3.05, 3.63) is 16.5 Å². The van der Waals surface area contributed by atoms with Gasteiger partial charge in [-0.25, -0.2) is 9.97 Å². The summed E-state index contributed by atoms with van der Waals surface area (Å²) in [6.45, 7) is 4.24. The zero-order chi connectivity index (χ0) is 13.0. The Bertz CT molecular complexity index is 385. The topological polar surface area (TPSA) is 37.8 Å². The number of hydrogen-bond donors (Lipinski definition) is 1. The van der Waals surface area contributed by atoms with Gasteiger partial charge in [-0.05, 0) is 28.8 Å². The lowest BCUT2D eigenvalue weighted by molar-refractivity contribution is 0.615. The van der Waals surface area contributed by atoms with Crippen molar-refractivity contribution in [2.45, 2.75) is 64.3 Å². The smallest absolute Gasteiger partial charge is 0.134 e. The first-order valence-corrected chi connectivity index (χ1v) is 7.75. The first-order valence-electron chi connectivity index (χ1n) is 6.96. The Morgan fingerprint density at radius 3 is 2.44 bits per heavy atom. The van der Waals surface area contributed by atoms with Crippen molar-refractivity contribution in [1.29, 1.82) is 0 Å². The molecule has 18 heavy (non-hydrogen) atoms. The zero-order valence-electron chi connectivity index (χ0n) is 11.2. The third-order valence-corrected chi connectivity index (χ3v) is 3.84. The summed E-state index contributed by atoms with van der Waals surface area (Å²) in [5, 5.41) is 3.58. The summed E-state index contributed by atoms with van der Waals surface area (Å²) in [5.74, 6) is 2.23. The maximum Gasteiger partial charge on any atom is 0.134 e. The van der Waals surface area contributed by atoms with Gasteiger partial charge in [-0.1, -0.05) is 39.5 Å². The van der Waals surface area contributed by atoms with Gasteiger partial charge in [0.05, 0.1) is 0 Å². The summed E-state index contributed by atoms with van der Waals surface area (Å²) >= 11 is 3.47. The highest BCUT2D eigenvalue weighted by Crippen LogP contribution is 2.22. The van der Waals surface area contributed by atoms with E-state index in [-0.39, 0.29) is 0 Å². The van der Waals surface area contributed by atoms with E-state index in [1.165, 1.54) is 38.5 Å². The third kappa shape index (κ3) is 3.94. The van der Waals surface area contributed by atoms with Crippen molar-refractivity contribution in [3.8, 4) is 0 Å². The lowest BCUT2D eigenvalue weighted by Gasteiger charge is -2.18. The van der Waals surface area contributed by atoms with Crippen LogP contribution in [-0.4, -0.2) is 16.0 Å². The van der Waals surface area contributed by atoms with E-state index >= 15 is 0 Å². The molecule has 0 amide bonds. The summed E-state index contributed by atoms with van der Waals surface area (Å²) in [6, 6.07) is 2.56. The second kappa shape index (κ2) is 6.50. The molecule has 4 heteroatoms. The van der Waals surface area contributed by atoms with Crippen LogP contribution < -0.4 is 5.32 Å². The van der Waals surface area contributed by atoms with Crippen molar-refractivity contribution < 1.29 is 0 Å². The molecule has 0 spiro atoms. The first kappa shape index (κ1) is 13.8. The molecule has 1 aliphatic rings. The predicted molar refractivity (Wildman–Crippen MR) is 78.9 cm³/mol. The molecule has 0 aromatic carbocycles. The number of halogens is 1. The van der Waals surface area contributed by atoms with Crippen LogP contribution in [-0.2, 0) is 0 Å². The predicted octanol–water partition coefficient (Wildman–Crippen LogP) is 4.50. The highest BCUT2D eigenvalue weighted by atomic mass is 79.9. The molecular formula is C14H22BrN3. The Kier molecular flexibility index (Phi) is 4.98. The molecule has 1 saturated carbocycles. The maximum absolute atomic E-state index is 4.61. The maximum atomic E-state index is 4.61. The molecule has 1 aliphatic carbocycles. The molecule has 100 valence electrons. The fraction of sp³-hybridized carbons (Fsp3) is 0.714. The Morgan fingerprint density at radius 2 is 1.83 bits per heavy atom. The SMILES string of the molecule is CC(C)c1nc(Br)cc(NC2CCCCCC2)n1. The summed E-state index contributed by atoms with van der Waals surface area (Å²) in [5.41, 5.74) is 0. The Hall–Kier alpha value is -0.640. The van der Waals surface area contributed by atoms with Gasteiger partial charge in [0.2, 0.25) is 0 Å². The van der Waals surface area contributed by atoms with Gasteiger partial charge in [-0.3, -0.25) is 0 Å². The molecule has 0 unspecified atom stereocenters.